The maximum absolute atomic E-state index is 12.5. The van der Waals surface area contributed by atoms with Gasteiger partial charge in [0, 0.05) is 18.2 Å². The van der Waals surface area contributed by atoms with Crippen molar-refractivity contribution in [2.24, 2.45) is 11.8 Å². The lowest BCUT2D eigenvalue weighted by atomic mass is 9.76. The van der Waals surface area contributed by atoms with E-state index in [0.717, 1.165) is 24.2 Å². The van der Waals surface area contributed by atoms with Crippen LogP contribution in [-0.4, -0.2) is 47.1 Å². The molecule has 0 aromatic heterocycles. The summed E-state index contributed by atoms with van der Waals surface area (Å²) in [6.45, 7) is 5.88. The minimum absolute atomic E-state index is 0.00516. The summed E-state index contributed by atoms with van der Waals surface area (Å²) in [5.41, 5.74) is 1.91. The number of benzene rings is 2. The number of rotatable bonds is 7. The molecule has 0 radical (unpaired) electrons. The zero-order chi connectivity index (χ0) is 22.9. The highest BCUT2D eigenvalue weighted by molar-refractivity contribution is 6.04. The van der Waals surface area contributed by atoms with Crippen LogP contribution in [0.2, 0.25) is 0 Å². The smallest absolute Gasteiger partial charge is 0.269 e. The highest BCUT2D eigenvalue weighted by atomic mass is 16.5. The fraction of sp³-hybridized carbons (Fsp3) is 0.500. The number of carbonyl (C=O) groups is 1. The molecule has 2 aliphatic heterocycles. The molecule has 2 heterocycles. The first-order valence-corrected chi connectivity index (χ1v) is 11.4. The average Bonchev–Trinajstić information content (AvgIpc) is 3.08. The van der Waals surface area contributed by atoms with Gasteiger partial charge in [0.05, 0.1) is 23.5 Å². The molecular formula is C26H33NO5. The van der Waals surface area contributed by atoms with E-state index < -0.39 is 5.60 Å². The van der Waals surface area contributed by atoms with Crippen LogP contribution in [0.4, 0.5) is 11.4 Å². The summed E-state index contributed by atoms with van der Waals surface area (Å²) in [6.07, 6.45) is 2.13. The van der Waals surface area contributed by atoms with Crippen LogP contribution in [0.5, 0.6) is 5.75 Å². The van der Waals surface area contributed by atoms with E-state index in [-0.39, 0.29) is 43.2 Å². The summed E-state index contributed by atoms with van der Waals surface area (Å²) < 4.78 is 11.8. The summed E-state index contributed by atoms with van der Waals surface area (Å²) in [5, 5.41) is 20.0. The van der Waals surface area contributed by atoms with E-state index in [4.69, 9.17) is 9.47 Å². The highest BCUT2D eigenvalue weighted by Gasteiger charge is 2.47. The third-order valence-corrected chi connectivity index (χ3v) is 6.75. The third-order valence-electron chi connectivity index (χ3n) is 6.75. The van der Waals surface area contributed by atoms with Gasteiger partial charge >= 0.3 is 0 Å². The molecule has 172 valence electrons. The van der Waals surface area contributed by atoms with Crippen LogP contribution in [0.25, 0.3) is 0 Å². The molecule has 0 unspecified atom stereocenters. The van der Waals surface area contributed by atoms with Crippen molar-refractivity contribution in [3.8, 4) is 5.75 Å². The molecular weight excluding hydrogens is 406 g/mol. The van der Waals surface area contributed by atoms with Gasteiger partial charge in [-0.15, -0.1) is 0 Å². The second kappa shape index (κ2) is 9.22. The molecule has 4 atom stereocenters. The van der Waals surface area contributed by atoms with Crippen molar-refractivity contribution in [1.29, 1.82) is 0 Å². The van der Waals surface area contributed by atoms with Gasteiger partial charge in [-0.1, -0.05) is 31.2 Å². The number of hydrogen-bond donors (Lipinski definition) is 2. The van der Waals surface area contributed by atoms with Gasteiger partial charge in [-0.3, -0.25) is 9.69 Å². The fourth-order valence-electron chi connectivity index (χ4n) is 5.31. The number of amides is 1. The predicted octanol–water partition coefficient (Wildman–Crippen LogP) is 3.85. The molecule has 2 aromatic rings. The van der Waals surface area contributed by atoms with Crippen LogP contribution in [0.15, 0.2) is 48.5 Å². The molecule has 0 saturated carbocycles. The summed E-state index contributed by atoms with van der Waals surface area (Å²) in [4.78, 5) is 14.2. The zero-order valence-corrected chi connectivity index (χ0v) is 19.0. The van der Waals surface area contributed by atoms with Gasteiger partial charge in [0.15, 0.2) is 6.61 Å². The van der Waals surface area contributed by atoms with Crippen LogP contribution in [0.1, 0.15) is 39.2 Å². The van der Waals surface area contributed by atoms with Crippen molar-refractivity contribution in [1.82, 2.24) is 0 Å². The number of aryl methyl sites for hydroxylation is 1. The second-order valence-corrected chi connectivity index (χ2v) is 9.45. The van der Waals surface area contributed by atoms with E-state index in [1.54, 1.807) is 4.90 Å². The average molecular weight is 440 g/mol. The highest BCUT2D eigenvalue weighted by Crippen LogP contribution is 2.42. The van der Waals surface area contributed by atoms with Crippen LogP contribution in [0, 0.1) is 11.8 Å². The lowest BCUT2D eigenvalue weighted by Gasteiger charge is -2.32. The Balaban J connectivity index is 1.43. The molecule has 0 aliphatic carbocycles. The van der Waals surface area contributed by atoms with Gasteiger partial charge in [-0.25, -0.2) is 0 Å². The normalized spacial score (nSPS) is 25.5. The Kier molecular flexibility index (Phi) is 6.56. The number of hydrogen-bond acceptors (Lipinski definition) is 5. The Bertz CT molecular complexity index is 936. The Morgan fingerprint density at radius 2 is 1.78 bits per heavy atom. The first-order chi connectivity index (χ1) is 15.3. The second-order valence-electron chi connectivity index (χ2n) is 9.45. The predicted molar refractivity (Wildman–Crippen MR) is 123 cm³/mol. The molecule has 1 fully saturated rings. The number of fused-ring (bicyclic) bond motifs is 1. The topological polar surface area (TPSA) is 79.2 Å². The monoisotopic (exact) mass is 439 g/mol. The minimum Gasteiger partial charge on any atom is -0.482 e. The minimum atomic E-state index is -0.851. The van der Waals surface area contributed by atoms with Crippen molar-refractivity contribution in [2.45, 2.75) is 57.8 Å². The quantitative estimate of drug-likeness (QED) is 0.685. The number of ether oxygens (including phenoxy) is 2. The van der Waals surface area contributed by atoms with E-state index in [2.05, 4.69) is 19.1 Å². The number of aliphatic hydroxyl groups is 2. The molecule has 0 spiro atoms. The Labute approximate surface area is 189 Å². The maximum Gasteiger partial charge on any atom is 0.269 e. The molecule has 2 aliphatic rings. The van der Waals surface area contributed by atoms with Gasteiger partial charge in [-0.05, 0) is 68.9 Å². The van der Waals surface area contributed by atoms with Crippen LogP contribution >= 0.6 is 0 Å². The van der Waals surface area contributed by atoms with Gasteiger partial charge in [0.2, 0.25) is 0 Å². The number of aliphatic hydroxyl groups excluding tert-OH is 1. The van der Waals surface area contributed by atoms with Gasteiger partial charge in [0.25, 0.3) is 5.91 Å². The molecule has 6 nitrogen and oxygen atoms in total. The maximum atomic E-state index is 12.5. The van der Waals surface area contributed by atoms with Crippen LogP contribution in [-0.2, 0) is 16.0 Å². The Morgan fingerprint density at radius 1 is 1.06 bits per heavy atom. The molecule has 2 N–H and O–H groups in total. The Morgan fingerprint density at radius 3 is 2.47 bits per heavy atom. The SMILES string of the molecule is C[C@@H]1[C@@H](C(C)(C)O)[C@H](CCO)O[C@@H]1CCc1ccc(N2C(=O)COc3ccccc32)cc1. The summed E-state index contributed by atoms with van der Waals surface area (Å²) >= 11 is 0. The third kappa shape index (κ3) is 4.53. The van der Waals surface area contributed by atoms with Crippen molar-refractivity contribution >= 4 is 17.3 Å². The van der Waals surface area contributed by atoms with E-state index in [0.29, 0.717) is 12.2 Å². The molecule has 32 heavy (non-hydrogen) atoms. The summed E-state index contributed by atoms with van der Waals surface area (Å²) in [7, 11) is 0. The number of anilines is 2. The van der Waals surface area contributed by atoms with Crippen molar-refractivity contribution in [2.75, 3.05) is 18.1 Å². The molecule has 1 saturated heterocycles. The van der Waals surface area contributed by atoms with E-state index in [9.17, 15) is 15.0 Å². The number of carbonyl (C=O) groups excluding carboxylic acids is 1. The standard InChI is InChI=1S/C26H33NO5/c1-17-21(32-23(14-15-28)25(17)26(2,3)30)13-10-18-8-11-19(12-9-18)27-20-6-4-5-7-22(20)31-16-24(27)29/h4-9,11-12,17,21,23,25,28,30H,10,13-16H2,1-3H3/t17-,21+,23-,25+/m0/s1. The van der Waals surface area contributed by atoms with E-state index >= 15 is 0 Å². The van der Waals surface area contributed by atoms with Crippen LogP contribution < -0.4 is 9.64 Å². The molecule has 4 rings (SSSR count). The van der Waals surface area contributed by atoms with Crippen LogP contribution in [0.3, 0.4) is 0 Å². The molecule has 6 heteroatoms. The van der Waals surface area contributed by atoms with Gasteiger partial charge < -0.3 is 19.7 Å². The van der Waals surface area contributed by atoms with Gasteiger partial charge in [0.1, 0.15) is 5.75 Å². The van der Waals surface area contributed by atoms with Crippen molar-refractivity contribution in [3.63, 3.8) is 0 Å². The fourth-order valence-corrected chi connectivity index (χ4v) is 5.31. The zero-order valence-electron chi connectivity index (χ0n) is 19.0. The molecule has 0 bridgehead atoms. The largest absolute Gasteiger partial charge is 0.482 e. The lowest BCUT2D eigenvalue weighted by Crippen LogP contribution is -2.40. The van der Waals surface area contributed by atoms with Crippen molar-refractivity contribution in [3.05, 3.63) is 54.1 Å². The first kappa shape index (κ1) is 22.8. The molecule has 1 amide bonds. The van der Waals surface area contributed by atoms with Crippen molar-refractivity contribution < 1.29 is 24.5 Å². The molecule has 2 aromatic carbocycles. The van der Waals surface area contributed by atoms with E-state index in [1.807, 2.05) is 50.2 Å². The summed E-state index contributed by atoms with van der Waals surface area (Å²) in [5.74, 6) is 0.822. The number of nitrogens with zero attached hydrogens (tertiary/aromatic N) is 1. The summed E-state index contributed by atoms with van der Waals surface area (Å²) in [6, 6.07) is 15.6. The Hall–Kier alpha value is -2.41. The van der Waals surface area contributed by atoms with E-state index in [1.165, 1.54) is 5.56 Å². The number of para-hydroxylation sites is 2. The van der Waals surface area contributed by atoms with Gasteiger partial charge in [-0.2, -0.15) is 0 Å². The lowest BCUT2D eigenvalue weighted by molar-refractivity contribution is -0.120. The first-order valence-electron chi connectivity index (χ1n) is 11.4.